The first-order valence-corrected chi connectivity index (χ1v) is 7.98. The molecule has 1 amide bonds. The molecule has 124 valence electrons. The van der Waals surface area contributed by atoms with Gasteiger partial charge < -0.3 is 14.6 Å². The summed E-state index contributed by atoms with van der Waals surface area (Å²) in [7, 11) is 0. The quantitative estimate of drug-likeness (QED) is 0.626. The molecule has 0 aliphatic carbocycles. The maximum atomic E-state index is 12.2. The number of anilines is 2. The van der Waals surface area contributed by atoms with Crippen molar-refractivity contribution >= 4 is 35.2 Å². The summed E-state index contributed by atoms with van der Waals surface area (Å²) in [5.41, 5.74) is 0.479. The second-order valence-corrected chi connectivity index (χ2v) is 5.42. The Morgan fingerprint density at radius 3 is 2.71 bits per heavy atom. The van der Waals surface area contributed by atoms with Gasteiger partial charge in [-0.2, -0.15) is 5.26 Å². The van der Waals surface area contributed by atoms with Gasteiger partial charge in [-0.15, -0.1) is 0 Å². The van der Waals surface area contributed by atoms with Crippen molar-refractivity contribution < 1.29 is 9.21 Å². The van der Waals surface area contributed by atoms with Crippen LogP contribution in [0.3, 0.4) is 0 Å². The van der Waals surface area contributed by atoms with E-state index >= 15 is 0 Å². The van der Waals surface area contributed by atoms with E-state index in [9.17, 15) is 10.1 Å². The fourth-order valence-electron chi connectivity index (χ4n) is 2.18. The molecule has 0 fully saturated rings. The lowest BCUT2D eigenvalue weighted by atomic mass is 10.2. The maximum Gasteiger partial charge on any atom is 0.266 e. The maximum absolute atomic E-state index is 12.2. The molecule has 2 aromatic rings. The average Bonchev–Trinajstić information content (AvgIpc) is 3.02. The second kappa shape index (κ2) is 8.23. The fraction of sp³-hybridized carbons (Fsp3) is 0.222. The largest absolute Gasteiger partial charge is 0.441 e. The number of hydrogen-bond acceptors (Lipinski definition) is 4. The molecule has 0 spiro atoms. The van der Waals surface area contributed by atoms with E-state index in [0.29, 0.717) is 22.4 Å². The van der Waals surface area contributed by atoms with Gasteiger partial charge in [0, 0.05) is 35.9 Å². The van der Waals surface area contributed by atoms with Crippen molar-refractivity contribution in [2.75, 3.05) is 23.3 Å². The van der Waals surface area contributed by atoms with E-state index < -0.39 is 5.91 Å². The summed E-state index contributed by atoms with van der Waals surface area (Å²) in [4.78, 5) is 14.3. The van der Waals surface area contributed by atoms with Crippen LogP contribution >= 0.6 is 11.6 Å². The van der Waals surface area contributed by atoms with Crippen LogP contribution in [-0.4, -0.2) is 19.0 Å². The third-order valence-electron chi connectivity index (χ3n) is 3.42. The molecule has 6 heteroatoms. The van der Waals surface area contributed by atoms with Crippen LogP contribution in [-0.2, 0) is 4.79 Å². The zero-order chi connectivity index (χ0) is 17.5. The van der Waals surface area contributed by atoms with E-state index in [1.165, 1.54) is 6.08 Å². The molecule has 1 heterocycles. The molecule has 2 rings (SSSR count). The highest BCUT2D eigenvalue weighted by Crippen LogP contribution is 2.21. The van der Waals surface area contributed by atoms with E-state index in [1.54, 1.807) is 30.3 Å². The zero-order valence-electron chi connectivity index (χ0n) is 13.5. The second-order valence-electron chi connectivity index (χ2n) is 4.98. The molecule has 0 bridgehead atoms. The number of carbonyl (C=O) groups excluding carboxylic acids is 1. The molecule has 5 nitrogen and oxygen atoms in total. The van der Waals surface area contributed by atoms with Crippen LogP contribution in [0.15, 0.2) is 46.4 Å². The van der Waals surface area contributed by atoms with Crippen LogP contribution in [0.1, 0.15) is 19.6 Å². The van der Waals surface area contributed by atoms with Crippen molar-refractivity contribution in [3.05, 3.63) is 52.8 Å². The predicted molar refractivity (Wildman–Crippen MR) is 95.9 cm³/mol. The van der Waals surface area contributed by atoms with Gasteiger partial charge in [0.25, 0.3) is 5.91 Å². The number of hydrogen-bond donors (Lipinski definition) is 1. The normalized spacial score (nSPS) is 11.0. The third kappa shape index (κ3) is 4.40. The monoisotopic (exact) mass is 343 g/mol. The van der Waals surface area contributed by atoms with Gasteiger partial charge in [0.15, 0.2) is 5.88 Å². The highest BCUT2D eigenvalue weighted by atomic mass is 35.5. The molecular weight excluding hydrogens is 326 g/mol. The molecule has 0 atom stereocenters. The summed E-state index contributed by atoms with van der Waals surface area (Å²) in [6.07, 6.45) is 1.42. The number of furan rings is 1. The van der Waals surface area contributed by atoms with Gasteiger partial charge in [-0.3, -0.25) is 4.79 Å². The van der Waals surface area contributed by atoms with Crippen molar-refractivity contribution in [2.45, 2.75) is 13.8 Å². The summed E-state index contributed by atoms with van der Waals surface area (Å²) in [5.74, 6) is 0.647. The summed E-state index contributed by atoms with van der Waals surface area (Å²) in [6.45, 7) is 5.68. The molecule has 0 saturated heterocycles. The molecule has 1 aromatic carbocycles. The van der Waals surface area contributed by atoms with E-state index in [2.05, 4.69) is 5.32 Å². The first-order chi connectivity index (χ1) is 11.6. The highest BCUT2D eigenvalue weighted by molar-refractivity contribution is 6.31. The minimum absolute atomic E-state index is 0.0459. The Balaban J connectivity index is 2.17. The molecule has 1 N–H and O–H groups in total. The number of halogens is 1. The molecule has 0 unspecified atom stereocenters. The van der Waals surface area contributed by atoms with E-state index in [4.69, 9.17) is 16.0 Å². The number of nitrogens with zero attached hydrogens (tertiary/aromatic N) is 2. The number of nitriles is 1. The first-order valence-electron chi connectivity index (χ1n) is 7.60. The number of carbonyl (C=O) groups is 1. The van der Waals surface area contributed by atoms with Crippen LogP contribution in [0.2, 0.25) is 5.02 Å². The number of benzene rings is 1. The standard InChI is InChI=1S/C18H18ClN3O2/c1-3-22(4-2)17-9-8-16(24-17)10-13(12-20)18(23)21-15-7-5-6-14(19)11-15/h5-11H,3-4H2,1-2H3,(H,21,23)/b13-10+. The van der Waals surface area contributed by atoms with Crippen LogP contribution < -0.4 is 10.2 Å². The summed E-state index contributed by atoms with van der Waals surface area (Å²) < 4.78 is 5.68. The van der Waals surface area contributed by atoms with Crippen molar-refractivity contribution in [2.24, 2.45) is 0 Å². The van der Waals surface area contributed by atoms with Gasteiger partial charge in [0.1, 0.15) is 17.4 Å². The van der Waals surface area contributed by atoms with E-state index in [1.807, 2.05) is 30.9 Å². The topological polar surface area (TPSA) is 69.3 Å². The third-order valence-corrected chi connectivity index (χ3v) is 3.66. The summed E-state index contributed by atoms with van der Waals surface area (Å²) >= 11 is 5.88. The lowest BCUT2D eigenvalue weighted by Crippen LogP contribution is -2.20. The number of nitrogens with one attached hydrogen (secondary N) is 1. The Morgan fingerprint density at radius 1 is 1.33 bits per heavy atom. The van der Waals surface area contributed by atoms with Crippen molar-refractivity contribution in [3.63, 3.8) is 0 Å². The van der Waals surface area contributed by atoms with Gasteiger partial charge in [-0.1, -0.05) is 17.7 Å². The zero-order valence-corrected chi connectivity index (χ0v) is 14.3. The van der Waals surface area contributed by atoms with Crippen molar-refractivity contribution in [1.29, 1.82) is 5.26 Å². The smallest absolute Gasteiger partial charge is 0.266 e. The molecule has 0 radical (unpaired) electrons. The van der Waals surface area contributed by atoms with E-state index in [-0.39, 0.29) is 5.57 Å². The lowest BCUT2D eigenvalue weighted by Gasteiger charge is -2.16. The Morgan fingerprint density at radius 2 is 2.08 bits per heavy atom. The minimum atomic E-state index is -0.513. The molecule has 1 aromatic heterocycles. The van der Waals surface area contributed by atoms with Crippen LogP contribution in [0.5, 0.6) is 0 Å². The van der Waals surface area contributed by atoms with Gasteiger partial charge in [-0.25, -0.2) is 0 Å². The van der Waals surface area contributed by atoms with Crippen LogP contribution in [0.4, 0.5) is 11.6 Å². The Kier molecular flexibility index (Phi) is 6.05. The first kappa shape index (κ1) is 17.6. The van der Waals surface area contributed by atoms with Crippen LogP contribution in [0, 0.1) is 11.3 Å². The van der Waals surface area contributed by atoms with Gasteiger partial charge >= 0.3 is 0 Å². The van der Waals surface area contributed by atoms with Crippen molar-refractivity contribution in [1.82, 2.24) is 0 Å². The predicted octanol–water partition coefficient (Wildman–Crippen LogP) is 4.32. The molecule has 0 aliphatic rings. The van der Waals surface area contributed by atoms with E-state index in [0.717, 1.165) is 13.1 Å². The number of rotatable bonds is 6. The van der Waals surface area contributed by atoms with Crippen molar-refractivity contribution in [3.8, 4) is 6.07 Å². The van der Waals surface area contributed by atoms with Crippen LogP contribution in [0.25, 0.3) is 6.08 Å². The Labute approximate surface area is 146 Å². The highest BCUT2D eigenvalue weighted by Gasteiger charge is 2.12. The molecular formula is C18H18ClN3O2. The number of amides is 1. The Bertz CT molecular complexity index is 786. The Hall–Kier alpha value is -2.71. The summed E-state index contributed by atoms with van der Waals surface area (Å²) in [5, 5.41) is 12.4. The minimum Gasteiger partial charge on any atom is -0.441 e. The van der Waals surface area contributed by atoms with Gasteiger partial charge in [0.2, 0.25) is 0 Å². The lowest BCUT2D eigenvalue weighted by molar-refractivity contribution is -0.112. The average molecular weight is 344 g/mol. The molecule has 0 aliphatic heterocycles. The van der Waals surface area contributed by atoms with Gasteiger partial charge in [0.05, 0.1) is 0 Å². The molecule has 0 saturated carbocycles. The fourth-order valence-corrected chi connectivity index (χ4v) is 2.37. The molecule has 24 heavy (non-hydrogen) atoms. The summed E-state index contributed by atoms with van der Waals surface area (Å²) in [6, 6.07) is 12.2. The SMILES string of the molecule is CCN(CC)c1ccc(/C=C(\C#N)C(=O)Nc2cccc(Cl)c2)o1. The van der Waals surface area contributed by atoms with Gasteiger partial charge in [-0.05, 0) is 38.1 Å².